The molecule has 0 N–H and O–H groups in total. The monoisotopic (exact) mass is 524 g/mol. The molecule has 0 bridgehead atoms. The fourth-order valence-corrected chi connectivity index (χ4v) is 6.51. The van der Waals surface area contributed by atoms with E-state index in [0.29, 0.717) is 0 Å². The lowest BCUT2D eigenvalue weighted by molar-refractivity contribution is 1.12. The standard InChI is InChI=1S/C37H24N4/c1-2-12-25(13-3-1)26-14-10-15-27(24-26)39-30-18-6-4-16-28(30)36-34(39)22-11-23-35(36)41-33-21-9-8-20-32(33)40-31-19-7-5-17-29(31)38-37(40)41/h1-24H. The zero-order valence-electron chi connectivity index (χ0n) is 22.1. The molecule has 9 aromatic rings. The number of hydrogen-bond acceptors (Lipinski definition) is 1. The zero-order chi connectivity index (χ0) is 26.9. The Morgan fingerprint density at radius 1 is 0.439 bits per heavy atom. The first-order valence-corrected chi connectivity index (χ1v) is 13.9. The van der Waals surface area contributed by atoms with Crippen LogP contribution in [-0.2, 0) is 0 Å². The molecule has 3 heterocycles. The molecule has 0 unspecified atom stereocenters. The number of benzene rings is 6. The highest BCUT2D eigenvalue weighted by Crippen LogP contribution is 2.39. The SMILES string of the molecule is c1ccc(-c2cccc(-n3c4ccccc4c4c(-n5c6ccccc6n6c7ccccc7nc56)cccc43)c2)cc1. The number of nitrogens with zero attached hydrogens (tertiary/aromatic N) is 4. The van der Waals surface area contributed by atoms with Crippen molar-refractivity contribution in [3.05, 3.63) is 146 Å². The van der Waals surface area contributed by atoms with E-state index in [0.717, 1.165) is 39.2 Å². The average Bonchev–Trinajstić information content (AvgIpc) is 3.68. The van der Waals surface area contributed by atoms with Crippen LogP contribution < -0.4 is 0 Å². The van der Waals surface area contributed by atoms with E-state index in [4.69, 9.17) is 4.98 Å². The van der Waals surface area contributed by atoms with Gasteiger partial charge in [0.1, 0.15) is 0 Å². The van der Waals surface area contributed by atoms with Crippen LogP contribution in [0.15, 0.2) is 146 Å². The van der Waals surface area contributed by atoms with E-state index in [-0.39, 0.29) is 0 Å². The van der Waals surface area contributed by atoms with E-state index in [1.165, 1.54) is 32.9 Å². The molecule has 0 aliphatic rings. The number of hydrogen-bond donors (Lipinski definition) is 0. The van der Waals surface area contributed by atoms with Crippen LogP contribution in [0.5, 0.6) is 0 Å². The number of fused-ring (bicyclic) bond motifs is 8. The molecule has 0 atom stereocenters. The minimum absolute atomic E-state index is 0.919. The van der Waals surface area contributed by atoms with E-state index in [1.807, 2.05) is 0 Å². The second-order valence-electron chi connectivity index (χ2n) is 10.5. The van der Waals surface area contributed by atoms with Crippen LogP contribution in [0.1, 0.15) is 0 Å². The Bertz CT molecular complexity index is 2420. The van der Waals surface area contributed by atoms with Gasteiger partial charge in [-0.3, -0.25) is 8.97 Å². The van der Waals surface area contributed by atoms with Crippen LogP contribution in [0.2, 0.25) is 0 Å². The molecule has 0 amide bonds. The van der Waals surface area contributed by atoms with E-state index in [2.05, 4.69) is 159 Å². The van der Waals surface area contributed by atoms with Gasteiger partial charge in [0.2, 0.25) is 5.78 Å². The molecule has 0 aliphatic heterocycles. The van der Waals surface area contributed by atoms with Crippen LogP contribution in [0.25, 0.3) is 72.2 Å². The van der Waals surface area contributed by atoms with Gasteiger partial charge in [-0.1, -0.05) is 91.0 Å². The van der Waals surface area contributed by atoms with Gasteiger partial charge in [0, 0.05) is 16.5 Å². The number of aromatic nitrogens is 4. The van der Waals surface area contributed by atoms with Gasteiger partial charge in [-0.2, -0.15) is 0 Å². The van der Waals surface area contributed by atoms with Gasteiger partial charge in [0.25, 0.3) is 0 Å². The van der Waals surface area contributed by atoms with Gasteiger partial charge in [0.15, 0.2) is 0 Å². The molecule has 0 aliphatic carbocycles. The minimum atomic E-state index is 0.919. The van der Waals surface area contributed by atoms with Gasteiger partial charge < -0.3 is 4.57 Å². The molecule has 4 nitrogen and oxygen atoms in total. The van der Waals surface area contributed by atoms with Crippen molar-refractivity contribution in [2.45, 2.75) is 0 Å². The molecule has 0 saturated heterocycles. The Morgan fingerprint density at radius 2 is 1.10 bits per heavy atom. The van der Waals surface area contributed by atoms with Crippen LogP contribution in [-0.4, -0.2) is 18.5 Å². The Labute approximate surface area is 236 Å². The van der Waals surface area contributed by atoms with Crippen LogP contribution in [0.4, 0.5) is 0 Å². The summed E-state index contributed by atoms with van der Waals surface area (Å²) in [5.74, 6) is 0.919. The fraction of sp³-hybridized carbons (Fsp3) is 0. The van der Waals surface area contributed by atoms with Crippen LogP contribution in [0, 0.1) is 0 Å². The second kappa shape index (κ2) is 8.44. The molecule has 41 heavy (non-hydrogen) atoms. The normalized spacial score (nSPS) is 11.9. The largest absolute Gasteiger partial charge is 0.309 e. The maximum Gasteiger partial charge on any atom is 0.220 e. The smallest absolute Gasteiger partial charge is 0.220 e. The van der Waals surface area contributed by atoms with Gasteiger partial charge in [0.05, 0.1) is 38.8 Å². The van der Waals surface area contributed by atoms with Gasteiger partial charge in [-0.15, -0.1) is 0 Å². The summed E-state index contributed by atoms with van der Waals surface area (Å²) in [5.41, 5.74) is 11.4. The summed E-state index contributed by atoms with van der Waals surface area (Å²) in [6.45, 7) is 0. The van der Waals surface area contributed by atoms with Crippen LogP contribution in [0.3, 0.4) is 0 Å². The fourth-order valence-electron chi connectivity index (χ4n) is 6.51. The molecular weight excluding hydrogens is 500 g/mol. The van der Waals surface area contributed by atoms with Gasteiger partial charge in [-0.25, -0.2) is 4.98 Å². The Balaban J connectivity index is 1.40. The minimum Gasteiger partial charge on any atom is -0.309 e. The molecule has 3 aromatic heterocycles. The lowest BCUT2D eigenvalue weighted by Crippen LogP contribution is -1.97. The maximum absolute atomic E-state index is 5.14. The number of para-hydroxylation sites is 5. The van der Waals surface area contributed by atoms with Crippen molar-refractivity contribution < 1.29 is 0 Å². The Hall–Kier alpha value is -5.61. The Kier molecular flexibility index (Phi) is 4.58. The van der Waals surface area contributed by atoms with E-state index in [9.17, 15) is 0 Å². The van der Waals surface area contributed by atoms with Crippen molar-refractivity contribution in [2.24, 2.45) is 0 Å². The molecular formula is C37H24N4. The van der Waals surface area contributed by atoms with Crippen molar-refractivity contribution in [2.75, 3.05) is 0 Å². The van der Waals surface area contributed by atoms with Crippen molar-refractivity contribution in [3.63, 3.8) is 0 Å². The molecule has 0 fully saturated rings. The lowest BCUT2D eigenvalue weighted by Gasteiger charge is -2.11. The van der Waals surface area contributed by atoms with Crippen molar-refractivity contribution in [3.8, 4) is 22.5 Å². The van der Waals surface area contributed by atoms with Crippen molar-refractivity contribution in [1.82, 2.24) is 18.5 Å². The molecule has 0 saturated carbocycles. The van der Waals surface area contributed by atoms with E-state index < -0.39 is 0 Å². The third-order valence-electron chi connectivity index (χ3n) is 8.23. The topological polar surface area (TPSA) is 27.2 Å². The van der Waals surface area contributed by atoms with Gasteiger partial charge >= 0.3 is 0 Å². The Morgan fingerprint density at radius 3 is 1.98 bits per heavy atom. The molecule has 0 spiro atoms. The molecule has 0 radical (unpaired) electrons. The quantitative estimate of drug-likeness (QED) is 0.226. The molecule has 192 valence electrons. The first-order chi connectivity index (χ1) is 20.4. The van der Waals surface area contributed by atoms with E-state index >= 15 is 0 Å². The highest BCUT2D eigenvalue weighted by atomic mass is 15.2. The summed E-state index contributed by atoms with van der Waals surface area (Å²) >= 11 is 0. The molecule has 4 heteroatoms. The lowest BCUT2D eigenvalue weighted by atomic mass is 10.1. The number of imidazole rings is 2. The summed E-state index contributed by atoms with van der Waals surface area (Å²) in [6, 6.07) is 51.7. The van der Waals surface area contributed by atoms with Crippen molar-refractivity contribution >= 4 is 49.7 Å². The summed E-state index contributed by atoms with van der Waals surface area (Å²) in [7, 11) is 0. The second-order valence-corrected chi connectivity index (χ2v) is 10.5. The van der Waals surface area contributed by atoms with Crippen LogP contribution >= 0.6 is 0 Å². The first kappa shape index (κ1) is 22.2. The predicted molar refractivity (Wildman–Crippen MR) is 169 cm³/mol. The third kappa shape index (κ3) is 3.13. The molecule has 9 rings (SSSR count). The predicted octanol–water partition coefficient (Wildman–Crippen LogP) is 9.20. The van der Waals surface area contributed by atoms with Crippen molar-refractivity contribution in [1.29, 1.82) is 0 Å². The summed E-state index contributed by atoms with van der Waals surface area (Å²) < 4.78 is 7.01. The molecule has 6 aromatic carbocycles. The maximum atomic E-state index is 5.14. The van der Waals surface area contributed by atoms with E-state index in [1.54, 1.807) is 0 Å². The number of rotatable bonds is 3. The highest BCUT2D eigenvalue weighted by Gasteiger charge is 2.21. The summed E-state index contributed by atoms with van der Waals surface area (Å²) in [5, 5.41) is 2.43. The average molecular weight is 525 g/mol. The summed E-state index contributed by atoms with van der Waals surface area (Å²) in [4.78, 5) is 5.14. The summed E-state index contributed by atoms with van der Waals surface area (Å²) in [6.07, 6.45) is 0. The van der Waals surface area contributed by atoms with Gasteiger partial charge in [-0.05, 0) is 65.7 Å². The highest BCUT2D eigenvalue weighted by molar-refractivity contribution is 6.14. The first-order valence-electron chi connectivity index (χ1n) is 13.9. The zero-order valence-corrected chi connectivity index (χ0v) is 22.1. The third-order valence-corrected chi connectivity index (χ3v) is 8.23.